The first-order chi connectivity index (χ1) is 21.6. The van der Waals surface area contributed by atoms with E-state index in [1.54, 1.807) is 0 Å². The molecule has 0 aliphatic rings. The van der Waals surface area contributed by atoms with Crippen LogP contribution in [0.4, 0.5) is 5.69 Å². The van der Waals surface area contributed by atoms with E-state index < -0.39 is 29.7 Å². The number of aliphatic imine (C=N–C) groups is 1. The van der Waals surface area contributed by atoms with Gasteiger partial charge in [0.25, 0.3) is 0 Å². The van der Waals surface area contributed by atoms with Crippen LogP contribution >= 0.6 is 25.5 Å². The Morgan fingerprint density at radius 2 is 0.956 bits per heavy atom. The molecule has 0 aromatic heterocycles. The van der Waals surface area contributed by atoms with Crippen molar-refractivity contribution in [3.8, 4) is 0 Å². The summed E-state index contributed by atoms with van der Waals surface area (Å²) in [6.45, 7) is 8.89. The van der Waals surface area contributed by atoms with E-state index in [4.69, 9.17) is 30.5 Å². The number of hydrogen-bond donors (Lipinski definition) is 1. The first-order valence-corrected chi connectivity index (χ1v) is 24.6. The van der Waals surface area contributed by atoms with Crippen LogP contribution in [0.15, 0.2) is 145 Å². The van der Waals surface area contributed by atoms with Crippen LogP contribution in [-0.4, -0.2) is 10.8 Å². The number of rotatable bonds is 9. The predicted octanol–water partition coefficient (Wildman–Crippen LogP) is 11.8. The van der Waals surface area contributed by atoms with E-state index in [2.05, 4.69) is 82.3 Å². The number of nitrogens with zero attached hydrogens (tertiary/aromatic N) is 1. The Labute approximate surface area is 287 Å². The minimum atomic E-state index is -2.13. The fraction of sp³-hybridized carbons (Fsp3) is 0.205. The van der Waals surface area contributed by atoms with Crippen molar-refractivity contribution < 1.29 is 23.3 Å². The molecule has 0 spiro atoms. The van der Waals surface area contributed by atoms with Gasteiger partial charge < -0.3 is 5.11 Å². The molecule has 5 rings (SSSR count). The fourth-order valence-electron chi connectivity index (χ4n) is 5.79. The van der Waals surface area contributed by atoms with Crippen molar-refractivity contribution in [2.75, 3.05) is 0 Å². The second kappa shape index (κ2) is 16.9. The third-order valence-electron chi connectivity index (χ3n) is 7.90. The predicted molar refractivity (Wildman–Crippen MR) is 190 cm³/mol. The fourth-order valence-corrected chi connectivity index (χ4v) is 5.79. The van der Waals surface area contributed by atoms with Gasteiger partial charge >= 0.3 is 43.7 Å². The molecule has 0 fully saturated rings. The molecule has 1 unspecified atom stereocenters. The van der Waals surface area contributed by atoms with Gasteiger partial charge in [-0.15, -0.1) is 0 Å². The van der Waals surface area contributed by atoms with Gasteiger partial charge in [-0.1, -0.05) is 167 Å². The minimum absolute atomic E-state index is 0.293. The van der Waals surface area contributed by atoms with Crippen molar-refractivity contribution >= 4 is 36.9 Å². The van der Waals surface area contributed by atoms with Crippen LogP contribution in [0.3, 0.4) is 0 Å². The van der Waals surface area contributed by atoms with Gasteiger partial charge in [-0.25, -0.2) is 0 Å². The Kier molecular flexibility index (Phi) is 13.2. The molecule has 1 N–H and O–H groups in total. The van der Waals surface area contributed by atoms with E-state index in [-0.39, 0.29) is 0 Å². The zero-order valence-electron chi connectivity index (χ0n) is 26.0. The maximum absolute atomic E-state index is 13.3. The number of aliphatic hydroxyl groups is 1. The maximum atomic E-state index is 13.3. The molecule has 5 aromatic carbocycles. The van der Waals surface area contributed by atoms with Crippen molar-refractivity contribution in [1.82, 2.24) is 0 Å². The molecule has 1 atom stereocenters. The van der Waals surface area contributed by atoms with Gasteiger partial charge in [0, 0.05) is 0 Å². The first-order valence-electron chi connectivity index (χ1n) is 15.1. The van der Waals surface area contributed by atoms with Crippen LogP contribution in [0.2, 0.25) is 0 Å². The molecule has 0 saturated heterocycles. The summed E-state index contributed by atoms with van der Waals surface area (Å²) in [6, 6.07) is 47.3. The standard InChI is InChI=1S/C39H39NO.3ClH.Zr/c1-28(2)34-26-17-27-35(29(3)4)38(34)40-37(31-20-11-6-12-21-31)36(30-18-9-5-10-19-30)39(41,32-22-13-7-14-23-32)33-24-15-8-16-25-33;;;;/h5-29,36,41H,1-4H3;3*1H;/q;;;;+3/p-3. The Hall–Kier alpha value is -2.52. The van der Waals surface area contributed by atoms with Crippen molar-refractivity contribution in [2.24, 2.45) is 4.99 Å². The van der Waals surface area contributed by atoms with Gasteiger partial charge in [0.15, 0.2) is 0 Å². The molecule has 0 radical (unpaired) electrons. The average molecular weight is 735 g/mol. The molecular weight excluding hydrogens is 696 g/mol. The Balaban J connectivity index is 0.00000109. The zero-order valence-corrected chi connectivity index (χ0v) is 30.8. The van der Waals surface area contributed by atoms with Crippen molar-refractivity contribution in [1.29, 1.82) is 0 Å². The summed E-state index contributed by atoms with van der Waals surface area (Å²) in [4.78, 5) is 5.62. The van der Waals surface area contributed by atoms with Gasteiger partial charge in [-0.05, 0) is 45.2 Å². The second-order valence-corrected chi connectivity index (χ2v) is 22.7. The second-order valence-electron chi connectivity index (χ2n) is 11.5. The van der Waals surface area contributed by atoms with Gasteiger partial charge in [-0.2, -0.15) is 0 Å². The van der Waals surface area contributed by atoms with Crippen molar-refractivity contribution in [3.05, 3.63) is 173 Å². The topological polar surface area (TPSA) is 32.6 Å². The van der Waals surface area contributed by atoms with Crippen LogP contribution in [-0.2, 0) is 23.8 Å². The van der Waals surface area contributed by atoms with Gasteiger partial charge in [0.05, 0.1) is 17.3 Å². The van der Waals surface area contributed by atoms with E-state index in [1.165, 1.54) is 11.1 Å². The first kappa shape index (κ1) is 35.3. The number of benzene rings is 5. The monoisotopic (exact) mass is 732 g/mol. The van der Waals surface area contributed by atoms with E-state index in [0.717, 1.165) is 33.7 Å². The van der Waals surface area contributed by atoms with Crippen LogP contribution in [0.1, 0.15) is 78.8 Å². The Morgan fingerprint density at radius 3 is 1.36 bits per heavy atom. The molecule has 0 aliphatic heterocycles. The normalized spacial score (nSPS) is 12.4. The molecule has 2 nitrogen and oxygen atoms in total. The van der Waals surface area contributed by atoms with Crippen LogP contribution in [0, 0.1) is 0 Å². The van der Waals surface area contributed by atoms with Gasteiger partial charge in [-0.3, -0.25) is 4.99 Å². The van der Waals surface area contributed by atoms with Crippen LogP contribution in [0.25, 0.3) is 0 Å². The molecule has 5 aromatic rings. The molecule has 231 valence electrons. The van der Waals surface area contributed by atoms with E-state index >= 15 is 0 Å². The van der Waals surface area contributed by atoms with Crippen molar-refractivity contribution in [2.45, 2.75) is 51.0 Å². The molecule has 0 saturated carbocycles. The Bertz CT molecular complexity index is 1580. The quantitative estimate of drug-likeness (QED) is 0.150. The Morgan fingerprint density at radius 1 is 0.578 bits per heavy atom. The summed E-state index contributed by atoms with van der Waals surface area (Å²) >= 11 is -2.13. The van der Waals surface area contributed by atoms with Gasteiger partial charge in [0.2, 0.25) is 0 Å². The molecule has 0 bridgehead atoms. The molecule has 0 aliphatic carbocycles. The third kappa shape index (κ3) is 8.85. The number of para-hydroxylation sites is 1. The zero-order chi connectivity index (χ0) is 32.4. The molecule has 6 heteroatoms. The van der Waals surface area contributed by atoms with Crippen LogP contribution < -0.4 is 0 Å². The summed E-state index contributed by atoms with van der Waals surface area (Å²) in [6.07, 6.45) is 0. The summed E-state index contributed by atoms with van der Waals surface area (Å²) in [5.74, 6) is 0.0830. The average Bonchev–Trinajstić information content (AvgIpc) is 3.05. The van der Waals surface area contributed by atoms with E-state index in [0.29, 0.717) is 11.8 Å². The van der Waals surface area contributed by atoms with Crippen LogP contribution in [0.5, 0.6) is 0 Å². The summed E-state index contributed by atoms with van der Waals surface area (Å²) in [7, 11) is 15.0. The molecule has 0 amide bonds. The third-order valence-corrected chi connectivity index (χ3v) is 7.90. The number of hydrogen-bond acceptors (Lipinski definition) is 2. The summed E-state index contributed by atoms with van der Waals surface area (Å²) < 4.78 is 0. The van der Waals surface area contributed by atoms with Crippen molar-refractivity contribution in [3.63, 3.8) is 0 Å². The van der Waals surface area contributed by atoms with E-state index in [1.807, 2.05) is 84.9 Å². The van der Waals surface area contributed by atoms with E-state index in [9.17, 15) is 5.11 Å². The molecule has 0 heterocycles. The molecular formula is C39H39Cl3NOZr. The SMILES string of the molecule is CC(C)c1cccc(C(C)C)c1N=C(c1ccccc1)C(c1ccccc1)C(O)(c1ccccc1)c1ccccc1.[Cl][Zr]([Cl])[Cl]. The molecule has 45 heavy (non-hydrogen) atoms. The summed E-state index contributed by atoms with van der Waals surface area (Å²) in [5.41, 5.74) is 6.48. The van der Waals surface area contributed by atoms with Gasteiger partial charge in [0.1, 0.15) is 5.60 Å². The summed E-state index contributed by atoms with van der Waals surface area (Å²) in [5, 5.41) is 13.3. The number of halogens is 3.